The van der Waals surface area contributed by atoms with Gasteiger partial charge in [0.1, 0.15) is 0 Å². The molecule has 126 valence electrons. The average Bonchev–Trinajstić information content (AvgIpc) is 2.68. The largest absolute Gasteiger partial charge is 0.312 e. The molecular formula is C20H19N3OS. The van der Waals surface area contributed by atoms with Crippen LogP contribution >= 0.6 is 11.8 Å². The summed E-state index contributed by atoms with van der Waals surface area (Å²) in [6.45, 7) is 1.47. The molecule has 0 saturated carbocycles. The van der Waals surface area contributed by atoms with Crippen molar-refractivity contribution in [3.05, 3.63) is 87.8 Å². The molecular weight excluding hydrogens is 330 g/mol. The molecule has 0 spiro atoms. The standard InChI is InChI=1S/C20H19N3OS/c24-19-17-13-21-12-11-18(17)22-20(23(19)16-9-5-2-6-10-16)25-14-15-7-3-1-4-8-15/h1-10,21H,11-14H2. The normalized spacial score (nSPS) is 13.4. The van der Waals surface area contributed by atoms with E-state index < -0.39 is 0 Å². The van der Waals surface area contributed by atoms with Crippen LogP contribution in [0, 0.1) is 0 Å². The molecule has 0 saturated heterocycles. The zero-order valence-electron chi connectivity index (χ0n) is 13.8. The monoisotopic (exact) mass is 349 g/mol. The molecule has 1 aromatic heterocycles. The maximum Gasteiger partial charge on any atom is 0.263 e. The molecule has 3 aromatic rings. The van der Waals surface area contributed by atoms with Gasteiger partial charge in [0.25, 0.3) is 5.56 Å². The fourth-order valence-corrected chi connectivity index (χ4v) is 3.99. The van der Waals surface area contributed by atoms with Crippen molar-refractivity contribution in [2.75, 3.05) is 6.54 Å². The Balaban J connectivity index is 1.78. The van der Waals surface area contributed by atoms with E-state index >= 15 is 0 Å². The van der Waals surface area contributed by atoms with E-state index in [4.69, 9.17) is 4.98 Å². The van der Waals surface area contributed by atoms with E-state index in [1.165, 1.54) is 5.56 Å². The van der Waals surface area contributed by atoms with Gasteiger partial charge in [0.2, 0.25) is 0 Å². The summed E-state index contributed by atoms with van der Waals surface area (Å²) in [5, 5.41) is 4.04. The lowest BCUT2D eigenvalue weighted by atomic mass is 10.1. The third kappa shape index (κ3) is 3.38. The highest BCUT2D eigenvalue weighted by atomic mass is 32.2. The molecule has 1 N–H and O–H groups in total. The number of rotatable bonds is 4. The minimum Gasteiger partial charge on any atom is -0.312 e. The Morgan fingerprint density at radius 1 is 1.04 bits per heavy atom. The predicted octanol–water partition coefficient (Wildman–Crippen LogP) is 3.17. The first kappa shape index (κ1) is 16.1. The number of fused-ring (bicyclic) bond motifs is 1. The van der Waals surface area contributed by atoms with Gasteiger partial charge in [-0.3, -0.25) is 9.36 Å². The summed E-state index contributed by atoms with van der Waals surface area (Å²) in [6.07, 6.45) is 0.805. The Hall–Kier alpha value is -2.37. The Bertz CT molecular complexity index is 923. The molecule has 0 aliphatic carbocycles. The van der Waals surface area contributed by atoms with Gasteiger partial charge in [0.05, 0.1) is 16.9 Å². The summed E-state index contributed by atoms with van der Waals surface area (Å²) in [5.74, 6) is 0.789. The third-order valence-corrected chi connectivity index (χ3v) is 5.31. The van der Waals surface area contributed by atoms with Crippen molar-refractivity contribution in [3.63, 3.8) is 0 Å². The van der Waals surface area contributed by atoms with Crippen LogP contribution in [-0.2, 0) is 18.7 Å². The van der Waals surface area contributed by atoms with Crippen LogP contribution in [0.3, 0.4) is 0 Å². The molecule has 2 heterocycles. The van der Waals surface area contributed by atoms with Crippen molar-refractivity contribution in [2.45, 2.75) is 23.9 Å². The molecule has 0 bridgehead atoms. The van der Waals surface area contributed by atoms with Gasteiger partial charge in [-0.15, -0.1) is 0 Å². The van der Waals surface area contributed by atoms with Crippen molar-refractivity contribution >= 4 is 11.8 Å². The maximum absolute atomic E-state index is 13.1. The van der Waals surface area contributed by atoms with Gasteiger partial charge in [0, 0.05) is 25.3 Å². The average molecular weight is 349 g/mol. The Morgan fingerprint density at radius 3 is 2.52 bits per heavy atom. The van der Waals surface area contributed by atoms with Crippen LogP contribution in [-0.4, -0.2) is 16.1 Å². The maximum atomic E-state index is 13.1. The molecule has 0 radical (unpaired) electrons. The van der Waals surface area contributed by atoms with Gasteiger partial charge >= 0.3 is 0 Å². The first-order valence-electron chi connectivity index (χ1n) is 8.40. The predicted molar refractivity (Wildman–Crippen MR) is 101 cm³/mol. The number of thioether (sulfide) groups is 1. The second kappa shape index (κ2) is 7.25. The molecule has 2 aromatic carbocycles. The number of nitrogens with zero attached hydrogens (tertiary/aromatic N) is 2. The Morgan fingerprint density at radius 2 is 1.76 bits per heavy atom. The summed E-state index contributed by atoms with van der Waals surface area (Å²) >= 11 is 1.61. The summed E-state index contributed by atoms with van der Waals surface area (Å²) in [4.78, 5) is 18.0. The van der Waals surface area contributed by atoms with E-state index in [2.05, 4.69) is 17.4 Å². The highest BCUT2D eigenvalue weighted by Gasteiger charge is 2.20. The van der Waals surface area contributed by atoms with Crippen LogP contribution in [0.5, 0.6) is 0 Å². The first-order chi connectivity index (χ1) is 12.3. The summed E-state index contributed by atoms with van der Waals surface area (Å²) in [6, 6.07) is 20.0. The zero-order valence-corrected chi connectivity index (χ0v) is 14.6. The van der Waals surface area contributed by atoms with E-state index in [1.54, 1.807) is 16.3 Å². The third-order valence-electron chi connectivity index (χ3n) is 4.30. The Labute approximate surface area is 150 Å². The summed E-state index contributed by atoms with van der Waals surface area (Å²) in [7, 11) is 0. The van der Waals surface area contributed by atoms with Gasteiger partial charge in [-0.2, -0.15) is 0 Å². The van der Waals surface area contributed by atoms with Gasteiger partial charge < -0.3 is 5.32 Å². The van der Waals surface area contributed by atoms with Gasteiger partial charge in [-0.25, -0.2) is 4.98 Å². The number of nitrogens with one attached hydrogen (secondary N) is 1. The van der Waals surface area contributed by atoms with Gasteiger partial charge in [-0.05, 0) is 17.7 Å². The van der Waals surface area contributed by atoms with Crippen LogP contribution in [0.2, 0.25) is 0 Å². The molecule has 5 heteroatoms. The van der Waals surface area contributed by atoms with Crippen LogP contribution in [0.1, 0.15) is 16.8 Å². The fraction of sp³-hybridized carbons (Fsp3) is 0.200. The highest BCUT2D eigenvalue weighted by Crippen LogP contribution is 2.24. The lowest BCUT2D eigenvalue weighted by Gasteiger charge is -2.20. The number of aromatic nitrogens is 2. The van der Waals surface area contributed by atoms with Crippen molar-refractivity contribution in [1.82, 2.24) is 14.9 Å². The minimum atomic E-state index is 0.0407. The van der Waals surface area contributed by atoms with E-state index in [-0.39, 0.29) is 5.56 Å². The molecule has 25 heavy (non-hydrogen) atoms. The van der Waals surface area contributed by atoms with Crippen molar-refractivity contribution in [2.24, 2.45) is 0 Å². The van der Waals surface area contributed by atoms with Crippen molar-refractivity contribution in [1.29, 1.82) is 0 Å². The number of hydrogen-bond acceptors (Lipinski definition) is 4. The van der Waals surface area contributed by atoms with Crippen molar-refractivity contribution in [3.8, 4) is 5.69 Å². The molecule has 4 nitrogen and oxygen atoms in total. The van der Waals surface area contributed by atoms with Crippen molar-refractivity contribution < 1.29 is 0 Å². The zero-order chi connectivity index (χ0) is 17.1. The molecule has 1 aliphatic rings. The minimum absolute atomic E-state index is 0.0407. The second-order valence-electron chi connectivity index (χ2n) is 6.00. The molecule has 0 fully saturated rings. The van der Waals surface area contributed by atoms with E-state index in [1.807, 2.05) is 48.5 Å². The van der Waals surface area contributed by atoms with E-state index in [0.29, 0.717) is 6.54 Å². The second-order valence-corrected chi connectivity index (χ2v) is 6.94. The molecule has 0 atom stereocenters. The topological polar surface area (TPSA) is 46.9 Å². The molecule has 4 rings (SSSR count). The van der Waals surface area contributed by atoms with Gasteiger partial charge in [-0.1, -0.05) is 60.3 Å². The Kier molecular flexibility index (Phi) is 4.68. The summed E-state index contributed by atoms with van der Waals surface area (Å²) in [5.41, 5.74) is 3.86. The van der Waals surface area contributed by atoms with Gasteiger partial charge in [0.15, 0.2) is 5.16 Å². The smallest absolute Gasteiger partial charge is 0.263 e. The van der Waals surface area contributed by atoms with E-state index in [9.17, 15) is 4.79 Å². The first-order valence-corrected chi connectivity index (χ1v) is 9.39. The molecule has 0 amide bonds. The summed E-state index contributed by atoms with van der Waals surface area (Å²) < 4.78 is 1.75. The lowest BCUT2D eigenvalue weighted by Crippen LogP contribution is -2.35. The highest BCUT2D eigenvalue weighted by molar-refractivity contribution is 7.98. The van der Waals surface area contributed by atoms with Crippen LogP contribution in [0.25, 0.3) is 5.69 Å². The number of hydrogen-bond donors (Lipinski definition) is 1. The van der Waals surface area contributed by atoms with Crippen LogP contribution in [0.4, 0.5) is 0 Å². The SMILES string of the molecule is O=c1c2c(nc(SCc3ccccc3)n1-c1ccccc1)CCNC2. The quantitative estimate of drug-likeness (QED) is 0.580. The van der Waals surface area contributed by atoms with E-state index in [0.717, 1.165) is 40.8 Å². The fourth-order valence-electron chi connectivity index (χ4n) is 3.01. The molecule has 1 aliphatic heterocycles. The van der Waals surface area contributed by atoms with Crippen LogP contribution in [0.15, 0.2) is 70.6 Å². The van der Waals surface area contributed by atoms with Crippen LogP contribution < -0.4 is 10.9 Å². The number of para-hydroxylation sites is 1. The number of benzene rings is 2. The lowest BCUT2D eigenvalue weighted by molar-refractivity contribution is 0.595. The molecule has 0 unspecified atom stereocenters.